The molecule has 0 spiro atoms. The van der Waals surface area contributed by atoms with E-state index in [9.17, 15) is 0 Å². The molecule has 0 atom stereocenters. The van der Waals surface area contributed by atoms with Crippen molar-refractivity contribution in [2.45, 2.75) is 27.7 Å². The molecule has 0 N–H and O–H groups in total. The summed E-state index contributed by atoms with van der Waals surface area (Å²) in [5.74, 6) is 1.07. The zero-order valence-electron chi connectivity index (χ0n) is 6.23. The van der Waals surface area contributed by atoms with Crippen molar-refractivity contribution >= 4 is 13.0 Å². The monoisotopic (exact) mass is 109 g/mol. The summed E-state index contributed by atoms with van der Waals surface area (Å²) in [6, 6.07) is 0. The van der Waals surface area contributed by atoms with E-state index in [2.05, 4.69) is 27.7 Å². The average molecular weight is 109 g/mol. The fraction of sp³-hybridized carbons (Fsp3) is 0.857. The molecular formula is C7H14B. The van der Waals surface area contributed by atoms with Crippen LogP contribution in [0.5, 0.6) is 0 Å². The van der Waals surface area contributed by atoms with E-state index in [1.807, 2.05) is 0 Å². The summed E-state index contributed by atoms with van der Waals surface area (Å²) in [5, 5.41) is 0. The number of rotatable bonds is 2. The van der Waals surface area contributed by atoms with Gasteiger partial charge in [-0.05, 0) is 0 Å². The molecule has 1 radical (unpaired) electrons. The van der Waals surface area contributed by atoms with Gasteiger partial charge in [0.25, 0.3) is 0 Å². The van der Waals surface area contributed by atoms with Gasteiger partial charge < -0.3 is 0 Å². The third-order valence-corrected chi connectivity index (χ3v) is 1.33. The van der Waals surface area contributed by atoms with Crippen LogP contribution in [0.15, 0.2) is 0 Å². The first-order chi connectivity index (χ1) is 3.55. The van der Waals surface area contributed by atoms with Crippen LogP contribution in [0, 0.1) is 11.8 Å². The summed E-state index contributed by atoms with van der Waals surface area (Å²) in [6.07, 6.45) is 0. The predicted octanol–water partition coefficient (Wildman–Crippen LogP) is 1.64. The van der Waals surface area contributed by atoms with Crippen LogP contribution < -0.4 is 0 Å². The zero-order valence-corrected chi connectivity index (χ0v) is 6.23. The Morgan fingerprint density at radius 1 is 1.00 bits per heavy atom. The van der Waals surface area contributed by atoms with Crippen LogP contribution in [0.2, 0.25) is 0 Å². The quantitative estimate of drug-likeness (QED) is 0.473. The topological polar surface area (TPSA) is 0 Å². The molecule has 0 fully saturated rings. The Morgan fingerprint density at radius 3 is 1.25 bits per heavy atom. The van der Waals surface area contributed by atoms with Crippen LogP contribution in [0.25, 0.3) is 0 Å². The molecule has 1 heteroatoms. The van der Waals surface area contributed by atoms with Gasteiger partial charge in [-0.3, -0.25) is 0 Å². The minimum atomic E-state index is 0.537. The fourth-order valence-electron chi connectivity index (χ4n) is 0.667. The van der Waals surface area contributed by atoms with Crippen LogP contribution >= 0.6 is 0 Å². The standard InChI is InChI=1S/C7H14B/c1-5(2)7(8)6(3)4/h5-6H,1-4H3. The van der Waals surface area contributed by atoms with Gasteiger partial charge in [0.05, 0.1) is 0 Å². The zero-order chi connectivity index (χ0) is 6.73. The molecule has 8 heavy (non-hydrogen) atoms. The first kappa shape index (κ1) is 7.93. The Kier molecular flexibility index (Phi) is 3.03. The molecule has 0 amide bonds. The normalized spacial score (nSPS) is 10.6. The van der Waals surface area contributed by atoms with Gasteiger partial charge in [-0.15, -0.1) is 0 Å². The molecule has 0 aromatic carbocycles. The summed E-state index contributed by atoms with van der Waals surface area (Å²) in [5.41, 5.74) is 1.10. The van der Waals surface area contributed by atoms with Gasteiger partial charge in [0.2, 0.25) is 0 Å². The first-order valence-corrected chi connectivity index (χ1v) is 3.18. The van der Waals surface area contributed by atoms with Crippen molar-refractivity contribution in [3.8, 4) is 0 Å². The van der Waals surface area contributed by atoms with E-state index in [0.29, 0.717) is 11.8 Å². The molecule has 0 nitrogen and oxygen atoms in total. The minimum absolute atomic E-state index is 0.537. The van der Waals surface area contributed by atoms with Crippen LogP contribution in [-0.2, 0) is 0 Å². The number of hydrogen-bond donors (Lipinski definition) is 0. The molecule has 45 valence electrons. The molecule has 0 aromatic heterocycles. The molecule has 0 bridgehead atoms. The Hall–Kier alpha value is -0.0651. The van der Waals surface area contributed by atoms with E-state index in [0.717, 1.165) is 5.46 Å². The van der Waals surface area contributed by atoms with Gasteiger partial charge in [-0.25, -0.2) is 0 Å². The third kappa shape index (κ3) is 2.30. The van der Waals surface area contributed by atoms with Crippen molar-refractivity contribution in [3.05, 3.63) is 0 Å². The fourth-order valence-corrected chi connectivity index (χ4v) is 0.667. The Morgan fingerprint density at radius 2 is 1.25 bits per heavy atom. The molecule has 0 rings (SSSR count). The van der Waals surface area contributed by atoms with Crippen LogP contribution in [0.1, 0.15) is 27.7 Å². The maximum absolute atomic E-state index is 5.68. The molecule has 0 saturated heterocycles. The second kappa shape index (κ2) is 3.06. The van der Waals surface area contributed by atoms with Crippen molar-refractivity contribution in [1.82, 2.24) is 0 Å². The summed E-state index contributed by atoms with van der Waals surface area (Å²) < 4.78 is 0. The Bertz CT molecular complexity index is 72.4. The van der Waals surface area contributed by atoms with Gasteiger partial charge in [0.15, 0.2) is 0 Å². The molecule has 0 aliphatic heterocycles. The van der Waals surface area contributed by atoms with Gasteiger partial charge >= 0.3 is 52.5 Å². The SMILES string of the molecule is [B]=C(C(C)C)C(C)C. The van der Waals surface area contributed by atoms with E-state index < -0.39 is 0 Å². The maximum atomic E-state index is 5.68. The Labute approximate surface area is 53.4 Å². The molecule has 0 unspecified atom stereocenters. The van der Waals surface area contributed by atoms with Crippen LogP contribution in [0.4, 0.5) is 0 Å². The van der Waals surface area contributed by atoms with Crippen molar-refractivity contribution < 1.29 is 0 Å². The third-order valence-electron chi connectivity index (χ3n) is 1.33. The van der Waals surface area contributed by atoms with Crippen LogP contribution in [0.3, 0.4) is 0 Å². The van der Waals surface area contributed by atoms with Crippen molar-refractivity contribution in [3.63, 3.8) is 0 Å². The summed E-state index contributed by atoms with van der Waals surface area (Å²) in [4.78, 5) is 0. The van der Waals surface area contributed by atoms with E-state index >= 15 is 0 Å². The number of hydrogen-bond acceptors (Lipinski definition) is 0. The van der Waals surface area contributed by atoms with E-state index in [4.69, 9.17) is 7.49 Å². The van der Waals surface area contributed by atoms with Crippen LogP contribution in [-0.4, -0.2) is 13.0 Å². The van der Waals surface area contributed by atoms with Gasteiger partial charge in [0.1, 0.15) is 0 Å². The predicted molar refractivity (Wildman–Crippen MR) is 40.4 cm³/mol. The second-order valence-electron chi connectivity index (χ2n) is 2.81. The van der Waals surface area contributed by atoms with Gasteiger partial charge in [-0.2, -0.15) is 0 Å². The van der Waals surface area contributed by atoms with Gasteiger partial charge in [0, 0.05) is 0 Å². The molecule has 0 saturated carbocycles. The van der Waals surface area contributed by atoms with Crippen molar-refractivity contribution in [1.29, 1.82) is 0 Å². The van der Waals surface area contributed by atoms with Gasteiger partial charge in [-0.1, -0.05) is 0 Å². The van der Waals surface area contributed by atoms with E-state index in [-0.39, 0.29) is 0 Å². The summed E-state index contributed by atoms with van der Waals surface area (Å²) in [6.45, 7) is 8.48. The second-order valence-corrected chi connectivity index (χ2v) is 2.81. The average Bonchev–Trinajstić information content (AvgIpc) is 1.64. The molecular weight excluding hydrogens is 94.9 g/mol. The van der Waals surface area contributed by atoms with E-state index in [1.54, 1.807) is 0 Å². The summed E-state index contributed by atoms with van der Waals surface area (Å²) >= 11 is 0. The molecule has 0 aliphatic rings. The summed E-state index contributed by atoms with van der Waals surface area (Å²) in [7, 11) is 5.68. The van der Waals surface area contributed by atoms with E-state index in [1.165, 1.54) is 0 Å². The molecule has 0 aromatic rings. The van der Waals surface area contributed by atoms with Crippen molar-refractivity contribution in [2.75, 3.05) is 0 Å². The first-order valence-electron chi connectivity index (χ1n) is 3.18. The Balaban J connectivity index is 3.65. The molecule has 0 aliphatic carbocycles. The van der Waals surface area contributed by atoms with Crippen molar-refractivity contribution in [2.24, 2.45) is 11.8 Å². The molecule has 0 heterocycles.